The number of nitrogens with zero attached hydrogens (tertiary/aromatic N) is 3. The number of piperidine rings is 1. The molecule has 0 unspecified atom stereocenters. The highest BCUT2D eigenvalue weighted by molar-refractivity contribution is 5.89. The summed E-state index contributed by atoms with van der Waals surface area (Å²) in [6, 6.07) is 5.82. The van der Waals surface area contributed by atoms with E-state index < -0.39 is 6.04 Å². The molecule has 2 aromatic rings. The number of urea groups is 1. The van der Waals surface area contributed by atoms with Crippen molar-refractivity contribution in [1.82, 2.24) is 19.7 Å². The van der Waals surface area contributed by atoms with Gasteiger partial charge in [-0.25, -0.2) is 4.79 Å². The number of fused-ring (bicyclic) bond motifs is 4. The van der Waals surface area contributed by atoms with Crippen LogP contribution in [0.15, 0.2) is 18.2 Å². The highest BCUT2D eigenvalue weighted by Crippen LogP contribution is 2.50. The van der Waals surface area contributed by atoms with E-state index in [9.17, 15) is 14.7 Å². The number of likely N-dealkylation sites (tertiary alicyclic amines) is 1. The molecule has 2 N–H and O–H groups in total. The summed E-state index contributed by atoms with van der Waals surface area (Å²) >= 11 is 0. The number of methoxy groups -OCH3 is 1. The molecule has 184 valence electrons. The van der Waals surface area contributed by atoms with E-state index in [2.05, 4.69) is 16.0 Å². The predicted octanol–water partition coefficient (Wildman–Crippen LogP) is 3.07. The van der Waals surface area contributed by atoms with E-state index in [1.54, 1.807) is 14.0 Å². The summed E-state index contributed by atoms with van der Waals surface area (Å²) in [5.41, 5.74) is 2.98. The zero-order valence-corrected chi connectivity index (χ0v) is 20.5. The Morgan fingerprint density at radius 3 is 2.53 bits per heavy atom. The van der Waals surface area contributed by atoms with Gasteiger partial charge in [0, 0.05) is 62.2 Å². The predicted molar refractivity (Wildman–Crippen MR) is 130 cm³/mol. The average molecular weight is 469 g/mol. The number of ether oxygens (including phenoxy) is 1. The van der Waals surface area contributed by atoms with Crippen LogP contribution in [-0.4, -0.2) is 70.8 Å². The number of carbonyl (C=O) groups is 2. The summed E-state index contributed by atoms with van der Waals surface area (Å²) in [6.45, 7) is 3.37. The molecule has 1 saturated heterocycles. The van der Waals surface area contributed by atoms with Gasteiger partial charge in [0.25, 0.3) is 0 Å². The van der Waals surface area contributed by atoms with E-state index in [-0.39, 0.29) is 30.0 Å². The molecule has 3 aliphatic rings. The first-order chi connectivity index (χ1) is 16.4. The van der Waals surface area contributed by atoms with Gasteiger partial charge in [0.2, 0.25) is 5.91 Å². The monoisotopic (exact) mass is 468 g/mol. The quantitative estimate of drug-likeness (QED) is 0.725. The number of aliphatic hydroxyl groups is 1. The summed E-state index contributed by atoms with van der Waals surface area (Å²) in [7, 11) is 3.68. The topological polar surface area (TPSA) is 87.0 Å². The lowest BCUT2D eigenvalue weighted by Crippen LogP contribution is -2.58. The fourth-order valence-electron chi connectivity index (χ4n) is 6.56. The molecular formula is C26H36N4O4. The zero-order chi connectivity index (χ0) is 24.0. The standard InChI is InChI=1S/C26H36N4O4/c1-17(32)29-12-10-26(11-13-29)16-30(25(33)27-18-6-4-5-7-18)22(15-31)24-23(26)20-9-8-19(34-3)14-21(20)28(24)2/h8-9,14,18,22,31H,4-7,10-13,15-16H2,1-3H3,(H,27,33)/t22-/m0/s1. The minimum Gasteiger partial charge on any atom is -0.497 e. The molecule has 8 nitrogen and oxygen atoms in total. The van der Waals surface area contributed by atoms with E-state index in [0.717, 1.165) is 60.9 Å². The van der Waals surface area contributed by atoms with Crippen molar-refractivity contribution >= 4 is 22.8 Å². The van der Waals surface area contributed by atoms with E-state index in [4.69, 9.17) is 4.74 Å². The highest BCUT2D eigenvalue weighted by atomic mass is 16.5. The Labute approximate surface area is 200 Å². The van der Waals surface area contributed by atoms with Crippen molar-refractivity contribution in [2.75, 3.05) is 33.4 Å². The van der Waals surface area contributed by atoms with E-state index in [1.807, 2.05) is 29.0 Å². The number of carbonyl (C=O) groups excluding carboxylic acids is 2. The Bertz CT molecular complexity index is 1100. The number of aliphatic hydroxyl groups excluding tert-OH is 1. The van der Waals surface area contributed by atoms with Crippen molar-refractivity contribution in [1.29, 1.82) is 0 Å². The third-order valence-corrected chi connectivity index (χ3v) is 8.43. The van der Waals surface area contributed by atoms with Crippen molar-refractivity contribution in [3.05, 3.63) is 29.5 Å². The number of hydrogen-bond donors (Lipinski definition) is 2. The first-order valence-electron chi connectivity index (χ1n) is 12.5. The van der Waals surface area contributed by atoms with Gasteiger partial charge >= 0.3 is 6.03 Å². The first-order valence-corrected chi connectivity index (χ1v) is 12.5. The summed E-state index contributed by atoms with van der Waals surface area (Å²) in [6.07, 6.45) is 5.90. The Kier molecular flexibility index (Phi) is 5.96. The third-order valence-electron chi connectivity index (χ3n) is 8.43. The fourth-order valence-corrected chi connectivity index (χ4v) is 6.56. The third kappa shape index (κ3) is 3.63. The van der Waals surface area contributed by atoms with Crippen LogP contribution in [0.2, 0.25) is 0 Å². The molecule has 0 bridgehead atoms. The van der Waals surface area contributed by atoms with Crippen molar-refractivity contribution < 1.29 is 19.4 Å². The van der Waals surface area contributed by atoms with Gasteiger partial charge in [-0.2, -0.15) is 0 Å². The minimum absolute atomic E-state index is 0.0900. The Morgan fingerprint density at radius 1 is 1.21 bits per heavy atom. The Balaban J connectivity index is 1.62. The van der Waals surface area contributed by atoms with Crippen LogP contribution in [0.1, 0.15) is 62.7 Å². The summed E-state index contributed by atoms with van der Waals surface area (Å²) in [5.74, 6) is 0.875. The van der Waals surface area contributed by atoms with Crippen molar-refractivity contribution in [3.8, 4) is 5.75 Å². The lowest BCUT2D eigenvalue weighted by Gasteiger charge is -2.50. The molecular weight excluding hydrogens is 432 g/mol. The fraction of sp³-hybridized carbons (Fsp3) is 0.615. The molecule has 3 heterocycles. The normalized spacial score (nSPS) is 22.3. The van der Waals surface area contributed by atoms with Crippen LogP contribution in [0.25, 0.3) is 10.9 Å². The summed E-state index contributed by atoms with van der Waals surface area (Å²) < 4.78 is 7.62. The first kappa shape index (κ1) is 23.0. The van der Waals surface area contributed by atoms with Crippen LogP contribution in [0.4, 0.5) is 4.79 Å². The number of aromatic nitrogens is 1. The maximum atomic E-state index is 13.6. The molecule has 1 aromatic carbocycles. The molecule has 1 aliphatic carbocycles. The number of rotatable bonds is 3. The molecule has 1 atom stereocenters. The van der Waals surface area contributed by atoms with Crippen LogP contribution in [-0.2, 0) is 17.3 Å². The maximum Gasteiger partial charge on any atom is 0.318 e. The van der Waals surface area contributed by atoms with Gasteiger partial charge in [0.1, 0.15) is 5.75 Å². The van der Waals surface area contributed by atoms with E-state index >= 15 is 0 Å². The minimum atomic E-state index is -0.420. The zero-order valence-electron chi connectivity index (χ0n) is 20.5. The smallest absolute Gasteiger partial charge is 0.318 e. The molecule has 2 aliphatic heterocycles. The van der Waals surface area contributed by atoms with Gasteiger partial charge in [0.15, 0.2) is 0 Å². The van der Waals surface area contributed by atoms with E-state index in [1.165, 1.54) is 5.56 Å². The largest absolute Gasteiger partial charge is 0.497 e. The van der Waals surface area contributed by atoms with Crippen LogP contribution in [0.3, 0.4) is 0 Å². The lowest BCUT2D eigenvalue weighted by molar-refractivity contribution is -0.130. The van der Waals surface area contributed by atoms with Crippen LogP contribution >= 0.6 is 0 Å². The van der Waals surface area contributed by atoms with Crippen LogP contribution < -0.4 is 10.1 Å². The molecule has 1 aromatic heterocycles. The molecule has 0 radical (unpaired) electrons. The Morgan fingerprint density at radius 2 is 1.91 bits per heavy atom. The molecule has 34 heavy (non-hydrogen) atoms. The second-order valence-electron chi connectivity index (χ2n) is 10.2. The summed E-state index contributed by atoms with van der Waals surface area (Å²) in [5, 5.41) is 14.9. The van der Waals surface area contributed by atoms with Gasteiger partial charge < -0.3 is 29.5 Å². The number of hydrogen-bond acceptors (Lipinski definition) is 4. The molecule has 8 heteroatoms. The second kappa shape index (κ2) is 8.80. The molecule has 2 fully saturated rings. The van der Waals surface area contributed by atoms with Crippen molar-refractivity contribution in [3.63, 3.8) is 0 Å². The summed E-state index contributed by atoms with van der Waals surface area (Å²) in [4.78, 5) is 29.4. The number of amides is 3. The second-order valence-corrected chi connectivity index (χ2v) is 10.2. The van der Waals surface area contributed by atoms with Crippen LogP contribution in [0, 0.1) is 0 Å². The van der Waals surface area contributed by atoms with Crippen LogP contribution in [0.5, 0.6) is 5.75 Å². The molecule has 5 rings (SSSR count). The van der Waals surface area contributed by atoms with E-state index in [0.29, 0.717) is 19.6 Å². The number of benzene rings is 1. The molecule has 1 spiro atoms. The van der Waals surface area contributed by atoms with Gasteiger partial charge in [-0.05, 0) is 43.4 Å². The number of nitrogens with one attached hydrogen (secondary N) is 1. The van der Waals surface area contributed by atoms with Gasteiger partial charge in [-0.15, -0.1) is 0 Å². The Hall–Kier alpha value is -2.74. The highest BCUT2D eigenvalue weighted by Gasteiger charge is 2.49. The average Bonchev–Trinajstić information content (AvgIpc) is 3.46. The van der Waals surface area contributed by atoms with Gasteiger partial charge in [-0.1, -0.05) is 12.8 Å². The van der Waals surface area contributed by atoms with Crippen molar-refractivity contribution in [2.45, 2.75) is 62.9 Å². The SMILES string of the molecule is COc1ccc2c3c(n(C)c2c1)[C@H](CO)N(C(=O)NC1CCCC1)CC31CCN(C(C)=O)CC1. The lowest BCUT2D eigenvalue weighted by atomic mass is 9.68. The van der Waals surface area contributed by atoms with Gasteiger partial charge in [0.05, 0.1) is 25.3 Å². The van der Waals surface area contributed by atoms with Gasteiger partial charge in [-0.3, -0.25) is 4.79 Å². The van der Waals surface area contributed by atoms with Crippen molar-refractivity contribution in [2.24, 2.45) is 7.05 Å². The number of aryl methyl sites for hydroxylation is 1. The molecule has 3 amide bonds. The molecule has 1 saturated carbocycles. The maximum absolute atomic E-state index is 13.6.